The lowest BCUT2D eigenvalue weighted by Gasteiger charge is -2.04. The van der Waals surface area contributed by atoms with E-state index in [1.807, 2.05) is 35.9 Å². The molecule has 90 valence electrons. The van der Waals surface area contributed by atoms with Crippen LogP contribution >= 0.6 is 0 Å². The number of benzene rings is 1. The number of ether oxygens (including phenoxy) is 1. The van der Waals surface area contributed by atoms with Crippen molar-refractivity contribution >= 4 is 16.9 Å². The van der Waals surface area contributed by atoms with Gasteiger partial charge in [0.15, 0.2) is 0 Å². The highest BCUT2D eigenvalue weighted by Gasteiger charge is 2.20. The number of aryl methyl sites for hydroxylation is 1. The van der Waals surface area contributed by atoms with Crippen LogP contribution < -0.4 is 5.73 Å². The smallest absolute Gasteiger partial charge is 0.340 e. The topological polar surface area (TPSA) is 57.2 Å². The highest BCUT2D eigenvalue weighted by Crippen LogP contribution is 2.25. The SMILES string of the molecule is CCOC(=O)c1c(CN)n(C)c2ccccc12. The number of carbonyl (C=O) groups is 1. The van der Waals surface area contributed by atoms with Crippen LogP contribution in [0.5, 0.6) is 0 Å². The Morgan fingerprint density at radius 1 is 1.41 bits per heavy atom. The molecule has 4 nitrogen and oxygen atoms in total. The Balaban J connectivity index is 2.71. The third-order valence-electron chi connectivity index (χ3n) is 2.90. The van der Waals surface area contributed by atoms with Crippen LogP contribution in [0.15, 0.2) is 24.3 Å². The summed E-state index contributed by atoms with van der Waals surface area (Å²) in [6, 6.07) is 7.74. The molecule has 17 heavy (non-hydrogen) atoms. The Morgan fingerprint density at radius 2 is 2.12 bits per heavy atom. The van der Waals surface area contributed by atoms with Gasteiger partial charge >= 0.3 is 5.97 Å². The minimum atomic E-state index is -0.301. The first-order valence-corrected chi connectivity index (χ1v) is 5.64. The molecule has 0 radical (unpaired) electrons. The van der Waals surface area contributed by atoms with E-state index in [4.69, 9.17) is 10.5 Å². The van der Waals surface area contributed by atoms with Crippen molar-refractivity contribution < 1.29 is 9.53 Å². The Hall–Kier alpha value is -1.81. The van der Waals surface area contributed by atoms with E-state index in [9.17, 15) is 4.79 Å². The molecule has 0 spiro atoms. The molecule has 1 aromatic carbocycles. The van der Waals surface area contributed by atoms with Crippen LogP contribution in [0.25, 0.3) is 10.9 Å². The van der Waals surface area contributed by atoms with Crippen molar-refractivity contribution in [3.8, 4) is 0 Å². The van der Waals surface area contributed by atoms with Crippen molar-refractivity contribution in [2.75, 3.05) is 6.61 Å². The van der Waals surface area contributed by atoms with Gasteiger partial charge in [0.25, 0.3) is 0 Å². The molecule has 0 aliphatic rings. The summed E-state index contributed by atoms with van der Waals surface area (Å²) < 4.78 is 7.03. The zero-order valence-corrected chi connectivity index (χ0v) is 10.1. The molecule has 0 aliphatic carbocycles. The first kappa shape index (κ1) is 11.7. The second kappa shape index (κ2) is 4.59. The highest BCUT2D eigenvalue weighted by atomic mass is 16.5. The van der Waals surface area contributed by atoms with Crippen molar-refractivity contribution in [1.29, 1.82) is 0 Å². The maximum Gasteiger partial charge on any atom is 0.340 e. The van der Waals surface area contributed by atoms with Crippen LogP contribution in [-0.2, 0) is 18.3 Å². The predicted octanol–water partition coefficient (Wildman–Crippen LogP) is 1.81. The number of aromatic nitrogens is 1. The van der Waals surface area contributed by atoms with Crippen LogP contribution in [0.3, 0.4) is 0 Å². The second-order valence-corrected chi connectivity index (χ2v) is 3.82. The third kappa shape index (κ3) is 1.80. The van der Waals surface area contributed by atoms with Gasteiger partial charge in [-0.05, 0) is 13.0 Å². The zero-order valence-electron chi connectivity index (χ0n) is 10.1. The first-order valence-electron chi connectivity index (χ1n) is 5.64. The van der Waals surface area contributed by atoms with Crippen molar-refractivity contribution in [2.45, 2.75) is 13.5 Å². The summed E-state index contributed by atoms with van der Waals surface area (Å²) in [6.07, 6.45) is 0. The fraction of sp³-hybridized carbons (Fsp3) is 0.308. The van der Waals surface area contributed by atoms with E-state index in [1.54, 1.807) is 6.92 Å². The zero-order chi connectivity index (χ0) is 12.4. The Bertz CT molecular complexity index is 558. The van der Waals surface area contributed by atoms with E-state index in [1.165, 1.54) is 0 Å². The lowest BCUT2D eigenvalue weighted by molar-refractivity contribution is 0.0527. The summed E-state index contributed by atoms with van der Waals surface area (Å²) in [5.41, 5.74) is 8.12. The molecular weight excluding hydrogens is 216 g/mol. The Morgan fingerprint density at radius 3 is 2.76 bits per heavy atom. The van der Waals surface area contributed by atoms with E-state index >= 15 is 0 Å². The average Bonchev–Trinajstić information content (AvgIpc) is 2.63. The molecule has 1 heterocycles. The number of carbonyl (C=O) groups excluding carboxylic acids is 1. The van der Waals surface area contributed by atoms with Crippen molar-refractivity contribution in [3.63, 3.8) is 0 Å². The summed E-state index contributed by atoms with van der Waals surface area (Å²) in [5.74, 6) is -0.301. The molecule has 1 aromatic heterocycles. The van der Waals surface area contributed by atoms with Gasteiger partial charge in [0.1, 0.15) is 0 Å². The highest BCUT2D eigenvalue weighted by molar-refractivity contribution is 6.05. The maximum absolute atomic E-state index is 12.0. The molecule has 2 rings (SSSR count). The van der Waals surface area contributed by atoms with Crippen LogP contribution in [0.4, 0.5) is 0 Å². The van der Waals surface area contributed by atoms with Crippen molar-refractivity contribution in [1.82, 2.24) is 4.57 Å². The van der Waals surface area contributed by atoms with Gasteiger partial charge < -0.3 is 15.0 Å². The lowest BCUT2D eigenvalue weighted by atomic mass is 10.1. The van der Waals surface area contributed by atoms with Gasteiger partial charge in [0.2, 0.25) is 0 Å². The summed E-state index contributed by atoms with van der Waals surface area (Å²) in [7, 11) is 1.91. The second-order valence-electron chi connectivity index (χ2n) is 3.82. The number of fused-ring (bicyclic) bond motifs is 1. The van der Waals surface area contributed by atoms with Crippen molar-refractivity contribution in [2.24, 2.45) is 12.8 Å². The normalized spacial score (nSPS) is 10.8. The molecule has 0 aliphatic heterocycles. The molecule has 0 amide bonds. The van der Waals surface area contributed by atoms with Gasteiger partial charge in [-0.15, -0.1) is 0 Å². The Kier molecular flexibility index (Phi) is 3.15. The van der Waals surface area contributed by atoms with Gasteiger partial charge in [0.05, 0.1) is 12.2 Å². The third-order valence-corrected chi connectivity index (χ3v) is 2.90. The lowest BCUT2D eigenvalue weighted by Crippen LogP contribution is -2.12. The van der Waals surface area contributed by atoms with E-state index in [0.29, 0.717) is 18.7 Å². The molecule has 0 bridgehead atoms. The Labute approximate surface area is 100.0 Å². The number of hydrogen-bond donors (Lipinski definition) is 1. The molecule has 2 aromatic rings. The quantitative estimate of drug-likeness (QED) is 0.821. The van der Waals surface area contributed by atoms with Gasteiger partial charge in [-0.25, -0.2) is 4.79 Å². The number of nitrogens with two attached hydrogens (primary N) is 1. The summed E-state index contributed by atoms with van der Waals surface area (Å²) in [6.45, 7) is 2.48. The number of para-hydroxylation sites is 1. The summed E-state index contributed by atoms with van der Waals surface area (Å²) in [4.78, 5) is 12.0. The molecular formula is C13H16N2O2. The van der Waals surface area contributed by atoms with Crippen LogP contribution in [0.2, 0.25) is 0 Å². The maximum atomic E-state index is 12.0. The van der Waals surface area contributed by atoms with Gasteiger partial charge in [-0.1, -0.05) is 18.2 Å². The number of hydrogen-bond acceptors (Lipinski definition) is 3. The molecule has 2 N–H and O–H groups in total. The number of rotatable bonds is 3. The standard InChI is InChI=1S/C13H16N2O2/c1-3-17-13(16)12-9-6-4-5-7-10(9)15(2)11(12)8-14/h4-7H,3,8,14H2,1-2H3. The molecule has 0 saturated carbocycles. The minimum Gasteiger partial charge on any atom is -0.462 e. The van der Waals surface area contributed by atoms with Crippen LogP contribution in [-0.4, -0.2) is 17.1 Å². The average molecular weight is 232 g/mol. The predicted molar refractivity (Wildman–Crippen MR) is 66.8 cm³/mol. The monoisotopic (exact) mass is 232 g/mol. The molecule has 4 heteroatoms. The van der Waals surface area contributed by atoms with Crippen LogP contribution in [0, 0.1) is 0 Å². The van der Waals surface area contributed by atoms with Crippen LogP contribution in [0.1, 0.15) is 23.0 Å². The van der Waals surface area contributed by atoms with E-state index < -0.39 is 0 Å². The van der Waals surface area contributed by atoms with Gasteiger partial charge in [-0.3, -0.25) is 0 Å². The largest absolute Gasteiger partial charge is 0.462 e. The number of nitrogens with zero attached hydrogens (tertiary/aromatic N) is 1. The summed E-state index contributed by atoms with van der Waals surface area (Å²) in [5, 5.41) is 0.897. The van der Waals surface area contributed by atoms with E-state index in [-0.39, 0.29) is 5.97 Å². The summed E-state index contributed by atoms with van der Waals surface area (Å²) >= 11 is 0. The fourth-order valence-corrected chi connectivity index (χ4v) is 2.12. The van der Waals surface area contributed by atoms with E-state index in [0.717, 1.165) is 16.6 Å². The van der Waals surface area contributed by atoms with Crippen molar-refractivity contribution in [3.05, 3.63) is 35.5 Å². The first-order chi connectivity index (χ1) is 8.20. The van der Waals surface area contributed by atoms with E-state index in [2.05, 4.69) is 0 Å². The van der Waals surface area contributed by atoms with Gasteiger partial charge in [0, 0.05) is 30.2 Å². The number of esters is 1. The van der Waals surface area contributed by atoms with Gasteiger partial charge in [-0.2, -0.15) is 0 Å². The molecule has 0 saturated heterocycles. The molecule has 0 fully saturated rings. The molecule has 0 atom stereocenters. The molecule has 0 unspecified atom stereocenters. The fourth-order valence-electron chi connectivity index (χ4n) is 2.12. The minimum absolute atomic E-state index is 0.301.